The lowest BCUT2D eigenvalue weighted by Crippen LogP contribution is -2.03. The molecule has 4 heterocycles. The zero-order valence-electron chi connectivity index (χ0n) is 24.1. The summed E-state index contributed by atoms with van der Waals surface area (Å²) in [4.78, 5) is 15.4. The van der Waals surface area contributed by atoms with Crippen LogP contribution in [0, 0.1) is 0 Å². The Morgan fingerprint density at radius 3 is 2.34 bits per heavy atom. The summed E-state index contributed by atoms with van der Waals surface area (Å²) in [7, 11) is 3.19. The van der Waals surface area contributed by atoms with Gasteiger partial charge in [0, 0.05) is 11.1 Å². The number of methoxy groups -OCH3 is 2. The van der Waals surface area contributed by atoms with E-state index in [4.69, 9.17) is 28.7 Å². The van der Waals surface area contributed by atoms with Crippen LogP contribution in [0.3, 0.4) is 0 Å². The molecule has 3 aromatic carbocycles. The first-order valence-electron chi connectivity index (χ1n) is 14.0. The summed E-state index contributed by atoms with van der Waals surface area (Å²) in [5.41, 5.74) is 6.39. The lowest BCUT2D eigenvalue weighted by Gasteiger charge is -2.11. The minimum atomic E-state index is 0.0757. The summed E-state index contributed by atoms with van der Waals surface area (Å²) in [5, 5.41) is 9.67. The number of rotatable bonds is 10. The van der Waals surface area contributed by atoms with Crippen LogP contribution >= 0.6 is 0 Å². The number of oxime groups is 1. The Kier molecular flexibility index (Phi) is 7.21. The highest BCUT2D eigenvalue weighted by atomic mass is 16.6. The first-order chi connectivity index (χ1) is 21.7. The van der Waals surface area contributed by atoms with Gasteiger partial charge in [0.25, 0.3) is 0 Å². The third-order valence-electron chi connectivity index (χ3n) is 7.31. The summed E-state index contributed by atoms with van der Waals surface area (Å²) in [6.45, 7) is 0.574. The van der Waals surface area contributed by atoms with E-state index in [0.29, 0.717) is 29.5 Å². The number of hydrogen-bond acceptors (Lipinski definition) is 8. The van der Waals surface area contributed by atoms with Crippen LogP contribution in [0.4, 0.5) is 0 Å². The van der Waals surface area contributed by atoms with Gasteiger partial charge < -0.3 is 23.3 Å². The van der Waals surface area contributed by atoms with Crippen molar-refractivity contribution in [2.24, 2.45) is 5.16 Å². The number of fused-ring (bicyclic) bond motifs is 3. The minimum absolute atomic E-state index is 0.0757. The maximum atomic E-state index is 5.77. The number of ether oxygens (including phenoxy) is 2. The van der Waals surface area contributed by atoms with Crippen molar-refractivity contribution in [3.05, 3.63) is 121 Å². The molecule has 0 unspecified atom stereocenters. The van der Waals surface area contributed by atoms with Crippen LogP contribution in [-0.2, 0) is 18.0 Å². The Balaban J connectivity index is 1.31. The van der Waals surface area contributed by atoms with Gasteiger partial charge in [0.2, 0.25) is 0 Å². The van der Waals surface area contributed by atoms with Crippen molar-refractivity contribution in [3.63, 3.8) is 0 Å². The van der Waals surface area contributed by atoms with Gasteiger partial charge in [0.1, 0.15) is 17.7 Å². The van der Waals surface area contributed by atoms with Crippen molar-refractivity contribution in [2.45, 2.75) is 13.2 Å². The van der Waals surface area contributed by atoms with Crippen molar-refractivity contribution in [2.75, 3.05) is 14.2 Å². The van der Waals surface area contributed by atoms with Crippen molar-refractivity contribution < 1.29 is 18.7 Å². The Morgan fingerprint density at radius 2 is 1.61 bits per heavy atom. The van der Waals surface area contributed by atoms with Crippen molar-refractivity contribution in [1.29, 1.82) is 0 Å². The van der Waals surface area contributed by atoms with Crippen LogP contribution in [0.2, 0.25) is 0 Å². The second kappa shape index (κ2) is 11.8. The van der Waals surface area contributed by atoms with Gasteiger partial charge in [-0.05, 0) is 41.5 Å². The molecule has 10 nitrogen and oxygen atoms in total. The highest BCUT2D eigenvalue weighted by molar-refractivity contribution is 6.09. The Labute approximate surface area is 252 Å². The van der Waals surface area contributed by atoms with E-state index in [-0.39, 0.29) is 6.61 Å². The topological polar surface area (TPSA) is 101 Å². The summed E-state index contributed by atoms with van der Waals surface area (Å²) in [5.74, 6) is 2.55. The predicted molar refractivity (Wildman–Crippen MR) is 167 cm³/mol. The summed E-state index contributed by atoms with van der Waals surface area (Å²) >= 11 is 0. The van der Waals surface area contributed by atoms with Crippen molar-refractivity contribution in [3.8, 4) is 33.9 Å². The summed E-state index contributed by atoms with van der Waals surface area (Å²) in [6, 6.07) is 29.9. The lowest BCUT2D eigenvalue weighted by molar-refractivity contribution is 0.126. The molecule has 7 rings (SSSR count). The van der Waals surface area contributed by atoms with E-state index >= 15 is 0 Å². The maximum absolute atomic E-state index is 5.77. The van der Waals surface area contributed by atoms with E-state index in [1.165, 1.54) is 0 Å². The predicted octanol–water partition coefficient (Wildman–Crippen LogP) is 6.62. The number of nitrogens with zero attached hydrogens (tertiary/aromatic N) is 6. The highest BCUT2D eigenvalue weighted by Gasteiger charge is 2.25. The van der Waals surface area contributed by atoms with Crippen LogP contribution in [0.1, 0.15) is 17.1 Å². The Hall–Kier alpha value is -5.90. The fourth-order valence-corrected chi connectivity index (χ4v) is 5.36. The van der Waals surface area contributed by atoms with Gasteiger partial charge in [-0.1, -0.05) is 65.8 Å². The number of aromatic nitrogens is 5. The van der Waals surface area contributed by atoms with E-state index < -0.39 is 0 Å². The van der Waals surface area contributed by atoms with E-state index in [0.717, 1.165) is 44.7 Å². The standard InChI is InChI=1S/C34H28N6O4/c1-41-27-16-15-23(18-28(27)42-2)19-36-44-21-29-37-34-31-30(24-10-5-3-6-11-24)32(25-12-7-4-8-13-25)39(20-26-14-9-17-43-26)33(31)35-22-40(34)38-29/h3-19,22H,20-21H2,1-2H3. The van der Waals surface area contributed by atoms with E-state index in [1.54, 1.807) is 37.5 Å². The van der Waals surface area contributed by atoms with Crippen LogP contribution in [0.5, 0.6) is 11.5 Å². The van der Waals surface area contributed by atoms with E-state index in [2.05, 4.69) is 39.1 Å². The first kappa shape index (κ1) is 27.0. The van der Waals surface area contributed by atoms with Crippen LogP contribution < -0.4 is 9.47 Å². The zero-order chi connectivity index (χ0) is 29.9. The van der Waals surface area contributed by atoms with Gasteiger partial charge in [-0.2, -0.15) is 0 Å². The van der Waals surface area contributed by atoms with Gasteiger partial charge in [0.15, 0.2) is 29.6 Å². The molecule has 0 amide bonds. The average molecular weight is 585 g/mol. The highest BCUT2D eigenvalue weighted by Crippen LogP contribution is 2.42. The zero-order valence-corrected chi connectivity index (χ0v) is 24.1. The molecule has 0 saturated carbocycles. The fourth-order valence-electron chi connectivity index (χ4n) is 5.36. The lowest BCUT2D eigenvalue weighted by atomic mass is 9.99. The Morgan fingerprint density at radius 1 is 0.841 bits per heavy atom. The third kappa shape index (κ3) is 5.02. The van der Waals surface area contributed by atoms with E-state index in [9.17, 15) is 0 Å². The molecule has 0 radical (unpaired) electrons. The van der Waals surface area contributed by atoms with Crippen LogP contribution in [-0.4, -0.2) is 44.6 Å². The SMILES string of the molecule is COc1ccc(C=NOCc2nc3c4c(-c5ccccc5)c(-c5ccccc5)n(Cc5ccco5)c4ncn3n2)cc1OC. The molecule has 0 atom stereocenters. The molecule has 0 fully saturated rings. The molecule has 0 aliphatic heterocycles. The second-order valence-electron chi connectivity index (χ2n) is 9.98. The van der Waals surface area contributed by atoms with Gasteiger partial charge >= 0.3 is 0 Å². The molecule has 0 aliphatic rings. The van der Waals surface area contributed by atoms with Crippen LogP contribution in [0.15, 0.2) is 113 Å². The molecule has 0 bridgehead atoms. The normalized spacial score (nSPS) is 11.5. The molecule has 0 spiro atoms. The van der Waals surface area contributed by atoms with Gasteiger partial charge in [0.05, 0.1) is 44.3 Å². The third-order valence-corrected chi connectivity index (χ3v) is 7.31. The second-order valence-corrected chi connectivity index (χ2v) is 9.98. The molecule has 44 heavy (non-hydrogen) atoms. The smallest absolute Gasteiger partial charge is 0.192 e. The van der Waals surface area contributed by atoms with Crippen molar-refractivity contribution >= 4 is 22.9 Å². The minimum Gasteiger partial charge on any atom is -0.493 e. The van der Waals surface area contributed by atoms with Gasteiger partial charge in [-0.15, -0.1) is 5.10 Å². The number of furan rings is 1. The van der Waals surface area contributed by atoms with E-state index in [1.807, 2.05) is 66.7 Å². The molecular formula is C34H28N6O4. The molecule has 0 aliphatic carbocycles. The number of benzene rings is 3. The molecule has 10 heteroatoms. The van der Waals surface area contributed by atoms with Gasteiger partial charge in [-0.3, -0.25) is 0 Å². The fraction of sp³-hybridized carbons (Fsp3) is 0.118. The molecule has 0 saturated heterocycles. The first-order valence-corrected chi connectivity index (χ1v) is 14.0. The average Bonchev–Trinajstić information content (AvgIpc) is 3.82. The van der Waals surface area contributed by atoms with Crippen molar-refractivity contribution in [1.82, 2.24) is 24.1 Å². The largest absolute Gasteiger partial charge is 0.493 e. The quantitative estimate of drug-likeness (QED) is 0.132. The molecule has 0 N–H and O–H groups in total. The molecular weight excluding hydrogens is 556 g/mol. The summed E-state index contributed by atoms with van der Waals surface area (Å²) < 4.78 is 20.3. The number of hydrogen-bond donors (Lipinski definition) is 0. The molecule has 7 aromatic rings. The molecule has 4 aromatic heterocycles. The van der Waals surface area contributed by atoms with Crippen LogP contribution in [0.25, 0.3) is 39.1 Å². The summed E-state index contributed by atoms with van der Waals surface area (Å²) in [6.07, 6.45) is 4.97. The maximum Gasteiger partial charge on any atom is 0.192 e. The Bertz CT molecular complexity index is 2070. The van der Waals surface area contributed by atoms with Gasteiger partial charge in [-0.25, -0.2) is 14.5 Å². The molecule has 218 valence electrons. The monoisotopic (exact) mass is 584 g/mol.